The molecular weight excluding hydrogens is 232 g/mol. The van der Waals surface area contributed by atoms with Crippen molar-refractivity contribution in [1.82, 2.24) is 10.2 Å². The summed E-state index contributed by atoms with van der Waals surface area (Å²) in [6.45, 7) is 13.5. The molecule has 0 fully saturated rings. The van der Waals surface area contributed by atoms with Gasteiger partial charge in [-0.25, -0.2) is 0 Å². The molecule has 0 bridgehead atoms. The first-order valence-electron chi connectivity index (χ1n) is 7.11. The molecule has 0 radical (unpaired) electrons. The first-order chi connectivity index (χ1) is 9.00. The van der Waals surface area contributed by atoms with Crippen LogP contribution in [0.4, 0.5) is 0 Å². The number of likely N-dealkylation sites (N-methyl/N-ethyl adjacent to an activating group) is 1. The molecule has 1 unspecified atom stereocenters. The fourth-order valence-electron chi connectivity index (χ4n) is 2.25. The molecule has 1 atom stereocenters. The Labute approximate surface area is 118 Å². The van der Waals surface area contributed by atoms with Crippen molar-refractivity contribution in [1.29, 1.82) is 0 Å². The molecule has 106 valence electrons. The van der Waals surface area contributed by atoms with Gasteiger partial charge in [0.2, 0.25) is 0 Å². The zero-order chi connectivity index (χ0) is 14.3. The summed E-state index contributed by atoms with van der Waals surface area (Å²) < 4.78 is 0. The summed E-state index contributed by atoms with van der Waals surface area (Å²) in [5, 5.41) is 3.57. The molecule has 0 aliphatic heterocycles. The molecule has 0 saturated heterocycles. The highest BCUT2D eigenvalue weighted by atomic mass is 15.1. The van der Waals surface area contributed by atoms with Crippen LogP contribution in [0, 0.1) is 5.92 Å². The summed E-state index contributed by atoms with van der Waals surface area (Å²) in [5.41, 5.74) is 2.56. The van der Waals surface area contributed by atoms with Crippen LogP contribution in [0.1, 0.15) is 32.4 Å². The van der Waals surface area contributed by atoms with Gasteiger partial charge in [0.05, 0.1) is 0 Å². The molecule has 0 aliphatic rings. The molecule has 0 saturated carbocycles. The molecule has 1 aromatic carbocycles. The Hall–Kier alpha value is -1.12. The second kappa shape index (κ2) is 8.13. The van der Waals surface area contributed by atoms with E-state index in [4.69, 9.17) is 0 Å². The standard InChI is InChI=1S/C17H28N2/c1-14(2)11-18-12-17(19(5)13-15(3)4)16-9-7-6-8-10-16/h6-10,14,17-18H,3,11-13H2,1-2,4-5H3. The fraction of sp³-hybridized carbons (Fsp3) is 0.529. The number of hydrogen-bond donors (Lipinski definition) is 1. The Morgan fingerprint density at radius 1 is 1.21 bits per heavy atom. The highest BCUT2D eigenvalue weighted by Crippen LogP contribution is 2.19. The van der Waals surface area contributed by atoms with Crippen molar-refractivity contribution in [3.05, 3.63) is 48.0 Å². The van der Waals surface area contributed by atoms with E-state index < -0.39 is 0 Å². The van der Waals surface area contributed by atoms with Crippen LogP contribution in [0.15, 0.2) is 42.5 Å². The largest absolute Gasteiger partial charge is 0.315 e. The van der Waals surface area contributed by atoms with Crippen molar-refractivity contribution < 1.29 is 0 Å². The minimum Gasteiger partial charge on any atom is -0.315 e. The van der Waals surface area contributed by atoms with Gasteiger partial charge in [0.25, 0.3) is 0 Å². The third-order valence-corrected chi connectivity index (χ3v) is 3.13. The molecule has 0 aliphatic carbocycles. The number of nitrogens with one attached hydrogen (secondary N) is 1. The Morgan fingerprint density at radius 2 is 1.84 bits per heavy atom. The summed E-state index contributed by atoms with van der Waals surface area (Å²) >= 11 is 0. The molecule has 0 aromatic heterocycles. The minimum absolute atomic E-state index is 0.400. The lowest BCUT2D eigenvalue weighted by Crippen LogP contribution is -2.35. The van der Waals surface area contributed by atoms with Crippen molar-refractivity contribution in [3.63, 3.8) is 0 Å². The van der Waals surface area contributed by atoms with E-state index in [0.717, 1.165) is 19.6 Å². The zero-order valence-corrected chi connectivity index (χ0v) is 12.8. The van der Waals surface area contributed by atoms with Gasteiger partial charge in [-0.15, -0.1) is 0 Å². The van der Waals surface area contributed by atoms with Crippen LogP contribution in [0.2, 0.25) is 0 Å². The number of hydrogen-bond acceptors (Lipinski definition) is 2. The van der Waals surface area contributed by atoms with Gasteiger partial charge in [-0.2, -0.15) is 0 Å². The lowest BCUT2D eigenvalue weighted by atomic mass is 10.0. The van der Waals surface area contributed by atoms with Gasteiger partial charge in [-0.3, -0.25) is 4.90 Å². The van der Waals surface area contributed by atoms with Crippen LogP contribution < -0.4 is 5.32 Å². The predicted molar refractivity (Wildman–Crippen MR) is 84.3 cm³/mol. The van der Waals surface area contributed by atoms with Gasteiger partial charge in [-0.1, -0.05) is 56.3 Å². The average molecular weight is 260 g/mol. The second-order valence-corrected chi connectivity index (χ2v) is 5.85. The first kappa shape index (κ1) is 15.9. The summed E-state index contributed by atoms with van der Waals surface area (Å²) in [7, 11) is 2.17. The van der Waals surface area contributed by atoms with Crippen LogP contribution in [-0.4, -0.2) is 31.6 Å². The summed E-state index contributed by atoms with van der Waals surface area (Å²) in [5.74, 6) is 0.683. The van der Waals surface area contributed by atoms with Gasteiger partial charge in [0.1, 0.15) is 0 Å². The highest BCUT2D eigenvalue weighted by Gasteiger charge is 2.16. The molecule has 19 heavy (non-hydrogen) atoms. The molecule has 1 N–H and O–H groups in total. The smallest absolute Gasteiger partial charge is 0.0473 e. The maximum atomic E-state index is 4.02. The van der Waals surface area contributed by atoms with Crippen LogP contribution in [-0.2, 0) is 0 Å². The zero-order valence-electron chi connectivity index (χ0n) is 12.8. The summed E-state index contributed by atoms with van der Waals surface area (Å²) in [6.07, 6.45) is 0. The third kappa shape index (κ3) is 6.04. The quantitative estimate of drug-likeness (QED) is 0.720. The number of nitrogens with zero attached hydrogens (tertiary/aromatic N) is 1. The lowest BCUT2D eigenvalue weighted by Gasteiger charge is -2.29. The predicted octanol–water partition coefficient (Wildman–Crippen LogP) is 3.48. The van der Waals surface area contributed by atoms with Crippen molar-refractivity contribution in [2.45, 2.75) is 26.8 Å². The molecule has 1 rings (SSSR count). The van der Waals surface area contributed by atoms with E-state index in [0.29, 0.717) is 12.0 Å². The van der Waals surface area contributed by atoms with E-state index in [2.05, 4.69) is 74.9 Å². The topological polar surface area (TPSA) is 15.3 Å². The number of rotatable bonds is 8. The Balaban J connectivity index is 2.70. The van der Waals surface area contributed by atoms with Crippen LogP contribution >= 0.6 is 0 Å². The second-order valence-electron chi connectivity index (χ2n) is 5.85. The SMILES string of the molecule is C=C(C)CN(C)C(CNCC(C)C)c1ccccc1. The van der Waals surface area contributed by atoms with E-state index >= 15 is 0 Å². The van der Waals surface area contributed by atoms with E-state index in [1.165, 1.54) is 11.1 Å². The van der Waals surface area contributed by atoms with E-state index in [-0.39, 0.29) is 0 Å². The number of benzene rings is 1. The van der Waals surface area contributed by atoms with Crippen LogP contribution in [0.5, 0.6) is 0 Å². The molecule has 2 nitrogen and oxygen atoms in total. The molecule has 0 spiro atoms. The Morgan fingerprint density at radius 3 is 2.37 bits per heavy atom. The van der Waals surface area contributed by atoms with E-state index in [9.17, 15) is 0 Å². The molecule has 0 amide bonds. The average Bonchev–Trinajstić information content (AvgIpc) is 2.34. The van der Waals surface area contributed by atoms with Crippen molar-refractivity contribution in [3.8, 4) is 0 Å². The van der Waals surface area contributed by atoms with Gasteiger partial charge < -0.3 is 5.32 Å². The van der Waals surface area contributed by atoms with Gasteiger partial charge in [0, 0.05) is 19.1 Å². The van der Waals surface area contributed by atoms with Crippen LogP contribution in [0.3, 0.4) is 0 Å². The maximum Gasteiger partial charge on any atom is 0.0473 e. The van der Waals surface area contributed by atoms with Gasteiger partial charge in [0.15, 0.2) is 0 Å². The highest BCUT2D eigenvalue weighted by molar-refractivity contribution is 5.19. The summed E-state index contributed by atoms with van der Waals surface area (Å²) in [6, 6.07) is 11.1. The van der Waals surface area contributed by atoms with Crippen LogP contribution in [0.25, 0.3) is 0 Å². The summed E-state index contributed by atoms with van der Waals surface area (Å²) in [4.78, 5) is 2.37. The fourth-order valence-corrected chi connectivity index (χ4v) is 2.25. The maximum absolute atomic E-state index is 4.02. The Bertz CT molecular complexity index is 370. The Kier molecular flexibility index (Phi) is 6.82. The monoisotopic (exact) mass is 260 g/mol. The van der Waals surface area contributed by atoms with Crippen molar-refractivity contribution in [2.24, 2.45) is 5.92 Å². The van der Waals surface area contributed by atoms with Gasteiger partial charge >= 0.3 is 0 Å². The van der Waals surface area contributed by atoms with E-state index in [1.54, 1.807) is 0 Å². The van der Waals surface area contributed by atoms with Crippen molar-refractivity contribution >= 4 is 0 Å². The van der Waals surface area contributed by atoms with E-state index in [1.807, 2.05) is 0 Å². The minimum atomic E-state index is 0.400. The molecule has 1 aromatic rings. The van der Waals surface area contributed by atoms with Gasteiger partial charge in [-0.05, 0) is 32.0 Å². The van der Waals surface area contributed by atoms with Crippen molar-refractivity contribution in [2.75, 3.05) is 26.7 Å². The normalized spacial score (nSPS) is 12.9. The molecular formula is C17H28N2. The lowest BCUT2D eigenvalue weighted by molar-refractivity contribution is 0.255. The molecule has 2 heteroatoms. The third-order valence-electron chi connectivity index (χ3n) is 3.13. The molecule has 0 heterocycles. The first-order valence-corrected chi connectivity index (χ1v) is 7.11.